The van der Waals surface area contributed by atoms with E-state index in [0.717, 1.165) is 17.7 Å². The maximum absolute atomic E-state index is 11.9. The first kappa shape index (κ1) is 13.4. The summed E-state index contributed by atoms with van der Waals surface area (Å²) in [5.74, 6) is 0.693. The number of carbonyl (C=O) groups excluding carboxylic acids is 1. The molecular formula is C16H16N2O3. The molecule has 0 spiro atoms. The van der Waals surface area contributed by atoms with Gasteiger partial charge < -0.3 is 14.6 Å². The lowest BCUT2D eigenvalue weighted by molar-refractivity contribution is -0.122. The van der Waals surface area contributed by atoms with Crippen LogP contribution in [0.3, 0.4) is 0 Å². The van der Waals surface area contributed by atoms with Gasteiger partial charge in [-0.05, 0) is 17.7 Å². The summed E-state index contributed by atoms with van der Waals surface area (Å²) in [6.45, 7) is 0.467. The van der Waals surface area contributed by atoms with Gasteiger partial charge in [0, 0.05) is 18.7 Å². The smallest absolute Gasteiger partial charge is 0.250 e. The summed E-state index contributed by atoms with van der Waals surface area (Å²) in [7, 11) is 0. The van der Waals surface area contributed by atoms with Crippen molar-refractivity contribution in [2.24, 2.45) is 0 Å². The van der Waals surface area contributed by atoms with Crippen LogP contribution in [-0.2, 0) is 17.8 Å². The lowest BCUT2D eigenvalue weighted by Gasteiger charge is -2.12. The van der Waals surface area contributed by atoms with E-state index in [1.54, 1.807) is 18.3 Å². The number of benzene rings is 1. The number of carbonyl (C=O) groups is 1. The third-order valence-corrected chi connectivity index (χ3v) is 3.45. The van der Waals surface area contributed by atoms with Crippen molar-refractivity contribution in [3.8, 4) is 5.75 Å². The van der Waals surface area contributed by atoms with Crippen molar-refractivity contribution in [3.63, 3.8) is 0 Å². The van der Waals surface area contributed by atoms with Gasteiger partial charge in [0.25, 0.3) is 5.56 Å². The Morgan fingerprint density at radius 2 is 2.05 bits per heavy atom. The zero-order chi connectivity index (χ0) is 14.7. The molecule has 0 bridgehead atoms. The largest absolute Gasteiger partial charge is 0.488 e. The van der Waals surface area contributed by atoms with Crippen LogP contribution < -0.4 is 15.6 Å². The fraction of sp³-hybridized carbons (Fsp3) is 0.250. The van der Waals surface area contributed by atoms with Gasteiger partial charge in [-0.15, -0.1) is 0 Å². The second kappa shape index (κ2) is 5.83. The fourth-order valence-corrected chi connectivity index (χ4v) is 2.40. The highest BCUT2D eigenvalue weighted by molar-refractivity contribution is 5.75. The van der Waals surface area contributed by atoms with Gasteiger partial charge in [0.05, 0.1) is 6.54 Å². The van der Waals surface area contributed by atoms with Crippen LogP contribution in [0.1, 0.15) is 5.56 Å². The lowest BCUT2D eigenvalue weighted by atomic mass is 10.1. The predicted molar refractivity (Wildman–Crippen MR) is 78.3 cm³/mol. The van der Waals surface area contributed by atoms with Gasteiger partial charge in [0.2, 0.25) is 5.91 Å². The van der Waals surface area contributed by atoms with Crippen LogP contribution in [0.5, 0.6) is 5.75 Å². The van der Waals surface area contributed by atoms with Gasteiger partial charge in [0.1, 0.15) is 18.4 Å². The number of pyridine rings is 1. The molecule has 2 aromatic rings. The maximum atomic E-state index is 11.9. The van der Waals surface area contributed by atoms with Crippen LogP contribution in [0.25, 0.3) is 0 Å². The Morgan fingerprint density at radius 1 is 1.24 bits per heavy atom. The monoisotopic (exact) mass is 284 g/mol. The van der Waals surface area contributed by atoms with Crippen LogP contribution in [0.15, 0.2) is 53.5 Å². The molecule has 2 heterocycles. The molecule has 1 aliphatic rings. The van der Waals surface area contributed by atoms with Crippen molar-refractivity contribution in [3.05, 3.63) is 64.6 Å². The molecule has 0 saturated heterocycles. The molecule has 0 aliphatic carbocycles. The van der Waals surface area contributed by atoms with E-state index in [0.29, 0.717) is 6.54 Å². The van der Waals surface area contributed by atoms with Gasteiger partial charge in [-0.1, -0.05) is 24.3 Å². The van der Waals surface area contributed by atoms with Crippen LogP contribution >= 0.6 is 0 Å². The minimum atomic E-state index is -0.192. The highest BCUT2D eigenvalue weighted by Gasteiger charge is 2.22. The molecular weight excluding hydrogens is 268 g/mol. The van der Waals surface area contributed by atoms with E-state index < -0.39 is 0 Å². The molecule has 0 radical (unpaired) electrons. The summed E-state index contributed by atoms with van der Waals surface area (Å²) in [6, 6.07) is 12.7. The maximum Gasteiger partial charge on any atom is 0.250 e. The Balaban J connectivity index is 1.52. The third kappa shape index (κ3) is 3.13. The van der Waals surface area contributed by atoms with Gasteiger partial charge in [-0.2, -0.15) is 0 Å². The van der Waals surface area contributed by atoms with Gasteiger partial charge in [-0.25, -0.2) is 0 Å². The van der Waals surface area contributed by atoms with Gasteiger partial charge in [0.15, 0.2) is 0 Å². The molecule has 1 aromatic heterocycles. The summed E-state index contributed by atoms with van der Waals surface area (Å²) in [6.07, 6.45) is 2.35. The highest BCUT2D eigenvalue weighted by Crippen LogP contribution is 2.27. The van der Waals surface area contributed by atoms with E-state index in [1.165, 1.54) is 10.6 Å². The first-order chi connectivity index (χ1) is 10.2. The van der Waals surface area contributed by atoms with E-state index in [4.69, 9.17) is 4.74 Å². The summed E-state index contributed by atoms with van der Waals surface area (Å²) in [5, 5.41) is 2.81. The molecule has 1 aromatic carbocycles. The zero-order valence-corrected chi connectivity index (χ0v) is 11.5. The minimum Gasteiger partial charge on any atom is -0.488 e. The van der Waals surface area contributed by atoms with Crippen molar-refractivity contribution < 1.29 is 9.53 Å². The first-order valence-electron chi connectivity index (χ1n) is 6.89. The van der Waals surface area contributed by atoms with E-state index in [-0.39, 0.29) is 24.1 Å². The fourth-order valence-electron chi connectivity index (χ4n) is 2.40. The molecule has 3 rings (SSSR count). The zero-order valence-electron chi connectivity index (χ0n) is 11.5. The molecule has 0 fully saturated rings. The van der Waals surface area contributed by atoms with E-state index in [9.17, 15) is 9.59 Å². The van der Waals surface area contributed by atoms with Crippen LogP contribution in [0.4, 0.5) is 0 Å². The minimum absolute atomic E-state index is 0.0271. The number of nitrogens with one attached hydrogen (secondary N) is 1. The molecule has 108 valence electrons. The number of ether oxygens (including phenoxy) is 1. The Labute approximate surface area is 122 Å². The van der Waals surface area contributed by atoms with Crippen LogP contribution in [-0.4, -0.2) is 23.1 Å². The third-order valence-electron chi connectivity index (χ3n) is 3.45. The number of para-hydroxylation sites is 1. The summed E-state index contributed by atoms with van der Waals surface area (Å²) >= 11 is 0. The van der Waals surface area contributed by atoms with Crippen molar-refractivity contribution in [2.45, 2.75) is 19.1 Å². The normalized spacial score (nSPS) is 16.1. The molecule has 5 heteroatoms. The molecule has 1 aliphatic heterocycles. The second-order valence-electron chi connectivity index (χ2n) is 5.02. The Kier molecular flexibility index (Phi) is 3.73. The number of hydrogen-bond acceptors (Lipinski definition) is 3. The molecule has 1 amide bonds. The topological polar surface area (TPSA) is 60.3 Å². The first-order valence-corrected chi connectivity index (χ1v) is 6.89. The molecule has 0 saturated carbocycles. The average Bonchev–Trinajstić information content (AvgIpc) is 2.90. The lowest BCUT2D eigenvalue weighted by Crippen LogP contribution is -2.37. The van der Waals surface area contributed by atoms with E-state index in [2.05, 4.69) is 5.32 Å². The summed E-state index contributed by atoms with van der Waals surface area (Å²) in [4.78, 5) is 23.4. The standard InChI is InChI=1S/C16H16N2O3/c19-15(11-18-8-4-3-7-16(18)20)17-10-13-9-12-5-1-2-6-14(12)21-13/h1-8,13H,9-11H2,(H,17,19)/t13-/m0/s1. The quantitative estimate of drug-likeness (QED) is 0.910. The van der Waals surface area contributed by atoms with Crippen LogP contribution in [0.2, 0.25) is 0 Å². The van der Waals surface area contributed by atoms with Crippen molar-refractivity contribution in [1.82, 2.24) is 9.88 Å². The Morgan fingerprint density at radius 3 is 2.86 bits per heavy atom. The summed E-state index contributed by atoms with van der Waals surface area (Å²) < 4.78 is 7.12. The SMILES string of the molecule is O=C(Cn1ccccc1=O)NC[C@@H]1Cc2ccccc2O1. The number of rotatable bonds is 4. The Bertz CT molecular complexity index is 683. The number of fused-ring (bicyclic) bond motifs is 1. The molecule has 1 N–H and O–H groups in total. The molecule has 0 unspecified atom stereocenters. The van der Waals surface area contributed by atoms with Crippen molar-refractivity contribution >= 4 is 5.91 Å². The number of aromatic nitrogens is 1. The number of amides is 1. The second-order valence-corrected chi connectivity index (χ2v) is 5.02. The van der Waals surface area contributed by atoms with Crippen molar-refractivity contribution in [2.75, 3.05) is 6.54 Å². The summed E-state index contributed by atoms with van der Waals surface area (Å²) in [5.41, 5.74) is 0.980. The predicted octanol–water partition coefficient (Wildman–Crippen LogP) is 0.968. The van der Waals surface area contributed by atoms with Gasteiger partial charge in [-0.3, -0.25) is 9.59 Å². The molecule has 1 atom stereocenters. The number of hydrogen-bond donors (Lipinski definition) is 1. The van der Waals surface area contributed by atoms with Crippen molar-refractivity contribution in [1.29, 1.82) is 0 Å². The number of nitrogens with zero attached hydrogens (tertiary/aromatic N) is 1. The van der Waals surface area contributed by atoms with Crippen LogP contribution in [0, 0.1) is 0 Å². The van der Waals surface area contributed by atoms with Gasteiger partial charge >= 0.3 is 0 Å². The Hall–Kier alpha value is -2.56. The highest BCUT2D eigenvalue weighted by atomic mass is 16.5. The molecule has 21 heavy (non-hydrogen) atoms. The average molecular weight is 284 g/mol. The van der Waals surface area contributed by atoms with E-state index in [1.807, 2.05) is 24.3 Å². The van der Waals surface area contributed by atoms with E-state index >= 15 is 0 Å². The molecule has 5 nitrogen and oxygen atoms in total.